The fourth-order valence-electron chi connectivity index (χ4n) is 1.18. The third-order valence-corrected chi connectivity index (χ3v) is 4.43. The van der Waals surface area contributed by atoms with Crippen LogP contribution in [0.2, 0.25) is 0 Å². The predicted octanol–water partition coefficient (Wildman–Crippen LogP) is 4.67. The molecular weight excluding hydrogens is 284 g/mol. The van der Waals surface area contributed by atoms with Crippen molar-refractivity contribution in [3.8, 4) is 0 Å². The van der Waals surface area contributed by atoms with E-state index < -0.39 is 0 Å². The lowest BCUT2D eigenvalue weighted by atomic mass is 10.3. The summed E-state index contributed by atoms with van der Waals surface area (Å²) in [6.45, 7) is 0. The highest BCUT2D eigenvalue weighted by atomic mass is 79.9. The maximum Gasteiger partial charge on any atom is 0.0581 e. The summed E-state index contributed by atoms with van der Waals surface area (Å²) < 4.78 is 3.52. The number of hydrogen-bond acceptors (Lipinski definition) is 3. The highest BCUT2D eigenvalue weighted by Gasteiger charge is 2.04. The Balaban J connectivity index is 2.75. The second-order valence-electron chi connectivity index (χ2n) is 2.61. The SMILES string of the molecule is CSc1cc(Br)c2cc(S)sc2c1. The van der Waals surface area contributed by atoms with E-state index in [0.29, 0.717) is 0 Å². The van der Waals surface area contributed by atoms with Crippen molar-refractivity contribution < 1.29 is 0 Å². The molecule has 13 heavy (non-hydrogen) atoms. The molecule has 0 atom stereocenters. The summed E-state index contributed by atoms with van der Waals surface area (Å²) in [5, 5.41) is 1.26. The number of thiophene rings is 1. The van der Waals surface area contributed by atoms with E-state index in [0.717, 1.165) is 8.68 Å². The van der Waals surface area contributed by atoms with E-state index in [1.54, 1.807) is 23.1 Å². The Labute approximate surface area is 99.3 Å². The van der Waals surface area contributed by atoms with E-state index in [4.69, 9.17) is 0 Å². The van der Waals surface area contributed by atoms with Gasteiger partial charge in [-0.25, -0.2) is 0 Å². The molecule has 0 amide bonds. The van der Waals surface area contributed by atoms with Crippen molar-refractivity contribution in [3.05, 3.63) is 22.7 Å². The van der Waals surface area contributed by atoms with Gasteiger partial charge in [0.2, 0.25) is 0 Å². The van der Waals surface area contributed by atoms with Crippen LogP contribution in [0.4, 0.5) is 0 Å². The maximum atomic E-state index is 4.34. The molecule has 0 saturated carbocycles. The summed E-state index contributed by atoms with van der Waals surface area (Å²) in [6, 6.07) is 6.44. The van der Waals surface area contributed by atoms with Gasteiger partial charge in [-0.15, -0.1) is 35.7 Å². The van der Waals surface area contributed by atoms with Crippen molar-refractivity contribution in [1.82, 2.24) is 0 Å². The number of thiol groups is 1. The number of thioether (sulfide) groups is 1. The van der Waals surface area contributed by atoms with Crippen LogP contribution in [0, 0.1) is 0 Å². The number of benzene rings is 1. The van der Waals surface area contributed by atoms with Crippen LogP contribution >= 0.6 is 51.7 Å². The molecule has 0 aliphatic carbocycles. The minimum absolute atomic E-state index is 1.06. The molecule has 0 aliphatic rings. The quantitative estimate of drug-likeness (QED) is 0.588. The molecule has 2 rings (SSSR count). The molecule has 0 spiro atoms. The molecule has 2 aromatic rings. The van der Waals surface area contributed by atoms with Crippen LogP contribution in [0.15, 0.2) is 31.8 Å². The van der Waals surface area contributed by atoms with E-state index in [-0.39, 0.29) is 0 Å². The second kappa shape index (κ2) is 3.85. The number of rotatable bonds is 1. The van der Waals surface area contributed by atoms with Gasteiger partial charge in [0, 0.05) is 19.5 Å². The van der Waals surface area contributed by atoms with E-state index >= 15 is 0 Å². The molecule has 0 bridgehead atoms. The van der Waals surface area contributed by atoms with Crippen molar-refractivity contribution in [2.45, 2.75) is 9.10 Å². The zero-order valence-electron chi connectivity index (χ0n) is 6.87. The zero-order valence-corrected chi connectivity index (χ0v) is 11.0. The van der Waals surface area contributed by atoms with Crippen molar-refractivity contribution in [2.75, 3.05) is 6.26 Å². The zero-order chi connectivity index (χ0) is 9.42. The largest absolute Gasteiger partial charge is 0.133 e. The summed E-state index contributed by atoms with van der Waals surface area (Å²) in [7, 11) is 0. The summed E-state index contributed by atoms with van der Waals surface area (Å²) in [6.07, 6.45) is 2.09. The Kier molecular flexibility index (Phi) is 2.93. The van der Waals surface area contributed by atoms with E-state index in [1.165, 1.54) is 15.0 Å². The minimum atomic E-state index is 1.06. The number of fused-ring (bicyclic) bond motifs is 1. The Morgan fingerprint density at radius 1 is 1.38 bits per heavy atom. The molecule has 0 saturated heterocycles. The summed E-state index contributed by atoms with van der Waals surface area (Å²) >= 11 is 11.4. The topological polar surface area (TPSA) is 0 Å². The Hall–Kier alpha value is 0.360. The molecule has 1 heterocycles. The van der Waals surface area contributed by atoms with Crippen molar-refractivity contribution >= 4 is 61.7 Å². The van der Waals surface area contributed by atoms with Crippen LogP contribution in [-0.4, -0.2) is 6.26 Å². The summed E-state index contributed by atoms with van der Waals surface area (Å²) in [5.74, 6) is 0. The lowest BCUT2D eigenvalue weighted by Crippen LogP contribution is -1.71. The highest BCUT2D eigenvalue weighted by molar-refractivity contribution is 9.10. The average Bonchev–Trinajstić information content (AvgIpc) is 2.46. The number of halogens is 1. The van der Waals surface area contributed by atoms with Crippen molar-refractivity contribution in [2.24, 2.45) is 0 Å². The van der Waals surface area contributed by atoms with Crippen LogP contribution < -0.4 is 0 Å². The van der Waals surface area contributed by atoms with Gasteiger partial charge < -0.3 is 0 Å². The molecule has 0 unspecified atom stereocenters. The van der Waals surface area contributed by atoms with E-state index in [2.05, 4.69) is 53.0 Å². The molecule has 68 valence electrons. The average molecular weight is 291 g/mol. The standard InChI is InChI=1S/C9H7BrS3/c1-12-5-2-7(10)6-4-9(11)13-8(6)3-5/h2-4,11H,1H3. The third kappa shape index (κ3) is 1.91. The summed E-state index contributed by atoms with van der Waals surface area (Å²) in [4.78, 5) is 1.29. The monoisotopic (exact) mass is 290 g/mol. The lowest BCUT2D eigenvalue weighted by molar-refractivity contribution is 1.50. The smallest absolute Gasteiger partial charge is 0.0581 e. The normalized spacial score (nSPS) is 11.0. The molecule has 0 N–H and O–H groups in total. The molecule has 4 heteroatoms. The van der Waals surface area contributed by atoms with Gasteiger partial charge in [0.25, 0.3) is 0 Å². The first-order chi connectivity index (χ1) is 6.20. The molecule has 1 aromatic heterocycles. The second-order valence-corrected chi connectivity index (χ2v) is 6.21. The first-order valence-corrected chi connectivity index (χ1v) is 6.95. The maximum absolute atomic E-state index is 4.34. The minimum Gasteiger partial charge on any atom is -0.133 e. The Morgan fingerprint density at radius 3 is 2.85 bits per heavy atom. The molecule has 1 aromatic carbocycles. The van der Waals surface area contributed by atoms with Gasteiger partial charge in [0.05, 0.1) is 4.21 Å². The van der Waals surface area contributed by atoms with Crippen LogP contribution in [-0.2, 0) is 0 Å². The fourth-order valence-corrected chi connectivity index (χ4v) is 3.87. The molecule has 0 fully saturated rings. The predicted molar refractivity (Wildman–Crippen MR) is 68.6 cm³/mol. The van der Waals surface area contributed by atoms with Gasteiger partial charge in [0.1, 0.15) is 0 Å². The van der Waals surface area contributed by atoms with Crippen LogP contribution in [0.25, 0.3) is 10.1 Å². The first-order valence-electron chi connectivity index (χ1n) is 3.67. The van der Waals surface area contributed by atoms with Crippen LogP contribution in [0.3, 0.4) is 0 Å². The van der Waals surface area contributed by atoms with Gasteiger partial charge >= 0.3 is 0 Å². The molecular formula is C9H7BrS3. The van der Waals surface area contributed by atoms with Gasteiger partial charge in [0.15, 0.2) is 0 Å². The van der Waals surface area contributed by atoms with Crippen molar-refractivity contribution in [3.63, 3.8) is 0 Å². The van der Waals surface area contributed by atoms with Crippen LogP contribution in [0.1, 0.15) is 0 Å². The first kappa shape index (κ1) is 9.90. The molecule has 0 aliphatic heterocycles. The van der Waals surface area contributed by atoms with Crippen LogP contribution in [0.5, 0.6) is 0 Å². The van der Waals surface area contributed by atoms with E-state index in [1.807, 2.05) is 0 Å². The number of hydrogen-bond donors (Lipinski definition) is 1. The van der Waals surface area contributed by atoms with Crippen molar-refractivity contribution in [1.29, 1.82) is 0 Å². The summed E-state index contributed by atoms with van der Waals surface area (Å²) in [5.41, 5.74) is 0. The van der Waals surface area contributed by atoms with Gasteiger partial charge in [-0.2, -0.15) is 0 Å². The van der Waals surface area contributed by atoms with Gasteiger partial charge in [-0.1, -0.05) is 15.9 Å². The Morgan fingerprint density at radius 2 is 2.15 bits per heavy atom. The van der Waals surface area contributed by atoms with E-state index in [9.17, 15) is 0 Å². The van der Waals surface area contributed by atoms with Gasteiger partial charge in [-0.05, 0) is 24.5 Å². The molecule has 0 nitrogen and oxygen atoms in total. The fraction of sp³-hybridized carbons (Fsp3) is 0.111. The third-order valence-electron chi connectivity index (χ3n) is 1.78. The van der Waals surface area contributed by atoms with Gasteiger partial charge in [-0.3, -0.25) is 0 Å². The lowest BCUT2D eigenvalue weighted by Gasteiger charge is -1.98. The highest BCUT2D eigenvalue weighted by Crippen LogP contribution is 2.36. The Bertz CT molecular complexity index is 447. The molecule has 0 radical (unpaired) electrons.